The summed E-state index contributed by atoms with van der Waals surface area (Å²) in [4.78, 5) is 10.7. The number of nitrogens with one attached hydrogen (secondary N) is 1. The van der Waals surface area contributed by atoms with E-state index < -0.39 is 0 Å². The molecule has 2 aromatic heterocycles. The maximum atomic E-state index is 9.10. The number of anilines is 1. The molecule has 0 saturated carbocycles. The van der Waals surface area contributed by atoms with Crippen LogP contribution in [0.1, 0.15) is 11.8 Å². The van der Waals surface area contributed by atoms with E-state index in [1.54, 1.807) is 11.3 Å². The fourth-order valence-corrected chi connectivity index (χ4v) is 3.22. The number of hydrazine groups is 1. The Hall–Kier alpha value is -0.890. The van der Waals surface area contributed by atoms with Gasteiger partial charge in [0, 0.05) is 15.5 Å². The Morgan fingerprint density at radius 1 is 1.59 bits per heavy atom. The maximum Gasteiger partial charge on any atom is 0.239 e. The molecule has 0 aromatic carbocycles. The highest BCUT2D eigenvalue weighted by atomic mass is 32.2. The lowest BCUT2D eigenvalue weighted by Crippen LogP contribution is -2.11. The fraction of sp³-hybridized carbons (Fsp3) is 0.400. The first-order valence-corrected chi connectivity index (χ1v) is 6.86. The van der Waals surface area contributed by atoms with E-state index >= 15 is 0 Å². The monoisotopic (exact) mass is 270 g/mol. The van der Waals surface area contributed by atoms with E-state index in [-0.39, 0.29) is 11.9 Å². The smallest absolute Gasteiger partial charge is 0.239 e. The van der Waals surface area contributed by atoms with Gasteiger partial charge >= 0.3 is 0 Å². The van der Waals surface area contributed by atoms with Crippen LogP contribution < -0.4 is 11.3 Å². The van der Waals surface area contributed by atoms with Crippen molar-refractivity contribution in [2.45, 2.75) is 24.1 Å². The molecule has 7 heteroatoms. The number of rotatable bonds is 4. The second kappa shape index (κ2) is 5.18. The van der Waals surface area contributed by atoms with E-state index in [1.807, 2.05) is 13.8 Å². The van der Waals surface area contributed by atoms with Gasteiger partial charge in [0.05, 0.1) is 6.61 Å². The molecule has 2 aromatic rings. The normalized spacial score (nSPS) is 12.9. The highest BCUT2D eigenvalue weighted by molar-refractivity contribution is 8.00. The van der Waals surface area contributed by atoms with Gasteiger partial charge in [0.15, 0.2) is 0 Å². The molecule has 2 rings (SSSR count). The van der Waals surface area contributed by atoms with Crippen LogP contribution >= 0.6 is 23.1 Å². The average molecular weight is 270 g/mol. The molecule has 0 saturated heterocycles. The van der Waals surface area contributed by atoms with Crippen LogP contribution in [-0.2, 0) is 0 Å². The van der Waals surface area contributed by atoms with Gasteiger partial charge < -0.3 is 5.11 Å². The Morgan fingerprint density at radius 2 is 2.35 bits per heavy atom. The van der Waals surface area contributed by atoms with Crippen molar-refractivity contribution in [3.05, 3.63) is 10.9 Å². The molecule has 92 valence electrons. The van der Waals surface area contributed by atoms with Crippen molar-refractivity contribution in [1.82, 2.24) is 9.97 Å². The number of nitrogens with zero attached hydrogens (tertiary/aromatic N) is 2. The van der Waals surface area contributed by atoms with Crippen LogP contribution in [0.5, 0.6) is 0 Å². The van der Waals surface area contributed by atoms with Crippen LogP contribution in [0.2, 0.25) is 0 Å². The number of thiophene rings is 1. The third-order valence-electron chi connectivity index (χ3n) is 2.18. The summed E-state index contributed by atoms with van der Waals surface area (Å²) in [6.45, 7) is 4.10. The molecule has 0 aliphatic carbocycles. The number of hydrogen-bond donors (Lipinski definition) is 3. The predicted octanol–water partition coefficient (Wildman–Crippen LogP) is 1.76. The van der Waals surface area contributed by atoms with Crippen LogP contribution in [0.3, 0.4) is 0 Å². The highest BCUT2D eigenvalue weighted by Crippen LogP contribution is 2.33. The minimum absolute atomic E-state index is 0.0962. The zero-order valence-electron chi connectivity index (χ0n) is 9.60. The predicted molar refractivity (Wildman–Crippen MR) is 72.4 cm³/mol. The van der Waals surface area contributed by atoms with Crippen LogP contribution in [0.25, 0.3) is 10.2 Å². The van der Waals surface area contributed by atoms with Gasteiger partial charge in [-0.1, -0.05) is 6.92 Å². The summed E-state index contributed by atoms with van der Waals surface area (Å²) in [5.74, 6) is 5.76. The van der Waals surface area contributed by atoms with Crippen molar-refractivity contribution in [3.63, 3.8) is 0 Å². The van der Waals surface area contributed by atoms with Crippen molar-refractivity contribution in [2.24, 2.45) is 5.84 Å². The van der Waals surface area contributed by atoms with Crippen LogP contribution in [0.15, 0.2) is 11.1 Å². The molecule has 0 spiro atoms. The number of aryl methyl sites for hydroxylation is 1. The number of thioether (sulfide) groups is 1. The third-order valence-corrected chi connectivity index (χ3v) is 4.21. The lowest BCUT2D eigenvalue weighted by atomic mass is 10.4. The molecule has 0 amide bonds. The van der Waals surface area contributed by atoms with E-state index in [1.165, 1.54) is 16.6 Å². The maximum absolute atomic E-state index is 9.10. The minimum atomic E-state index is 0.0962. The zero-order valence-corrected chi connectivity index (χ0v) is 11.2. The summed E-state index contributed by atoms with van der Waals surface area (Å²) in [6, 6.07) is 2.06. The molecular formula is C10H14N4OS2. The topological polar surface area (TPSA) is 84.1 Å². The number of hydrogen-bond acceptors (Lipinski definition) is 7. The molecule has 0 bridgehead atoms. The van der Waals surface area contributed by atoms with E-state index in [0.717, 1.165) is 15.2 Å². The number of aromatic nitrogens is 2. The van der Waals surface area contributed by atoms with Gasteiger partial charge in [-0.25, -0.2) is 15.8 Å². The lowest BCUT2D eigenvalue weighted by Gasteiger charge is -2.08. The van der Waals surface area contributed by atoms with Gasteiger partial charge in [0.2, 0.25) is 5.95 Å². The molecule has 0 aliphatic heterocycles. The Kier molecular flexibility index (Phi) is 3.82. The van der Waals surface area contributed by atoms with Crippen LogP contribution in [-0.4, -0.2) is 26.9 Å². The molecule has 4 N–H and O–H groups in total. The average Bonchev–Trinajstić information content (AvgIpc) is 2.69. The van der Waals surface area contributed by atoms with Crippen molar-refractivity contribution < 1.29 is 5.11 Å². The molecule has 0 aliphatic rings. The van der Waals surface area contributed by atoms with E-state index in [4.69, 9.17) is 10.9 Å². The van der Waals surface area contributed by atoms with E-state index in [0.29, 0.717) is 5.95 Å². The Bertz CT molecular complexity index is 528. The van der Waals surface area contributed by atoms with Crippen molar-refractivity contribution in [3.8, 4) is 0 Å². The molecule has 2 heterocycles. The summed E-state index contributed by atoms with van der Waals surface area (Å²) in [6.07, 6.45) is 0. The van der Waals surface area contributed by atoms with Crippen molar-refractivity contribution in [2.75, 3.05) is 12.0 Å². The number of fused-ring (bicyclic) bond motifs is 1. The number of aliphatic hydroxyl groups excluding tert-OH is 1. The second-order valence-electron chi connectivity index (χ2n) is 3.68. The highest BCUT2D eigenvalue weighted by Gasteiger charge is 2.13. The van der Waals surface area contributed by atoms with Crippen LogP contribution in [0, 0.1) is 6.92 Å². The van der Waals surface area contributed by atoms with Gasteiger partial charge in [-0.05, 0) is 13.0 Å². The van der Waals surface area contributed by atoms with Crippen molar-refractivity contribution >= 4 is 39.3 Å². The molecule has 1 atom stereocenters. The summed E-state index contributed by atoms with van der Waals surface area (Å²) in [5.41, 5.74) is 2.47. The van der Waals surface area contributed by atoms with Gasteiger partial charge in [0.25, 0.3) is 0 Å². The molecule has 1 unspecified atom stereocenters. The Labute approximate surface area is 107 Å². The molecule has 5 nitrogen and oxygen atoms in total. The first-order valence-electron chi connectivity index (χ1n) is 5.16. The SMILES string of the molecule is Cc1cc2c(SC(C)CO)nc(NN)nc2s1. The summed E-state index contributed by atoms with van der Waals surface area (Å²) in [7, 11) is 0. The van der Waals surface area contributed by atoms with Gasteiger partial charge in [-0.2, -0.15) is 0 Å². The van der Waals surface area contributed by atoms with Crippen molar-refractivity contribution in [1.29, 1.82) is 0 Å². The van der Waals surface area contributed by atoms with E-state index in [2.05, 4.69) is 21.5 Å². The quantitative estimate of drug-likeness (QED) is 0.340. The third kappa shape index (κ3) is 2.68. The molecule has 0 radical (unpaired) electrons. The molecule has 0 fully saturated rings. The minimum Gasteiger partial charge on any atom is -0.395 e. The molecule has 17 heavy (non-hydrogen) atoms. The lowest BCUT2D eigenvalue weighted by molar-refractivity contribution is 0.300. The summed E-state index contributed by atoms with van der Waals surface area (Å²) < 4.78 is 0. The number of nitrogen functional groups attached to an aromatic ring is 1. The Morgan fingerprint density at radius 3 is 3.00 bits per heavy atom. The van der Waals surface area contributed by atoms with Gasteiger partial charge in [0.1, 0.15) is 9.86 Å². The number of nitrogens with two attached hydrogens (primary N) is 1. The Balaban J connectivity index is 2.50. The fourth-order valence-electron chi connectivity index (χ4n) is 1.40. The summed E-state index contributed by atoms with van der Waals surface area (Å²) in [5, 5.41) is 11.1. The first-order chi connectivity index (χ1) is 8.13. The number of aliphatic hydroxyl groups is 1. The van der Waals surface area contributed by atoms with Gasteiger partial charge in [-0.3, -0.25) is 5.43 Å². The summed E-state index contributed by atoms with van der Waals surface area (Å²) >= 11 is 3.13. The molecular weight excluding hydrogens is 256 g/mol. The standard InChI is InChI=1S/C10H14N4OS2/c1-5-3-7-8(16-5)12-10(14-11)13-9(7)17-6(2)4-15/h3,6,15H,4,11H2,1-2H3,(H,12,13,14). The zero-order chi connectivity index (χ0) is 12.4. The van der Waals surface area contributed by atoms with Crippen LogP contribution in [0.4, 0.5) is 5.95 Å². The first kappa shape index (κ1) is 12.6. The largest absolute Gasteiger partial charge is 0.395 e. The van der Waals surface area contributed by atoms with Gasteiger partial charge in [-0.15, -0.1) is 23.1 Å². The van der Waals surface area contributed by atoms with E-state index in [9.17, 15) is 0 Å². The second-order valence-corrected chi connectivity index (χ2v) is 6.35.